The Bertz CT molecular complexity index is 3310. The van der Waals surface area contributed by atoms with Gasteiger partial charge in [0.25, 0.3) is 6.71 Å². The van der Waals surface area contributed by atoms with E-state index >= 15 is 0 Å². The first-order chi connectivity index (χ1) is 32.5. The molecule has 0 amide bonds. The lowest BCUT2D eigenvalue weighted by Gasteiger charge is -2.48. The molecule has 0 bridgehead atoms. The van der Waals surface area contributed by atoms with Gasteiger partial charge in [0, 0.05) is 34.0 Å². The van der Waals surface area contributed by atoms with E-state index in [1.54, 1.807) is 0 Å². The zero-order valence-electron chi connectivity index (χ0n) is 43.9. The van der Waals surface area contributed by atoms with Crippen molar-refractivity contribution in [3.63, 3.8) is 0 Å². The Morgan fingerprint density at radius 1 is 0.362 bits per heavy atom. The summed E-state index contributed by atoms with van der Waals surface area (Å²) in [4.78, 5) is 5.44. The third kappa shape index (κ3) is 6.50. The highest BCUT2D eigenvalue weighted by Crippen LogP contribution is 2.57. The van der Waals surface area contributed by atoms with Crippen molar-refractivity contribution in [1.29, 1.82) is 0 Å². The quantitative estimate of drug-likeness (QED) is 0.162. The van der Waals surface area contributed by atoms with Gasteiger partial charge in [0.2, 0.25) is 0 Å². The highest BCUT2D eigenvalue weighted by molar-refractivity contribution is 7.00. The highest BCUT2D eigenvalue weighted by Gasteiger charge is 2.50. The van der Waals surface area contributed by atoms with E-state index in [1.807, 2.05) is 0 Å². The summed E-state index contributed by atoms with van der Waals surface area (Å²) < 4.78 is 0. The summed E-state index contributed by atoms with van der Waals surface area (Å²) in [6.45, 7) is 34.5. The summed E-state index contributed by atoms with van der Waals surface area (Å²) >= 11 is 0. The number of fused-ring (bicyclic) bond motifs is 7. The first-order valence-corrected chi connectivity index (χ1v) is 26.0. The van der Waals surface area contributed by atoms with Crippen molar-refractivity contribution in [1.82, 2.24) is 0 Å². The van der Waals surface area contributed by atoms with Crippen molar-refractivity contribution in [2.75, 3.05) is 9.80 Å². The summed E-state index contributed by atoms with van der Waals surface area (Å²) in [7, 11) is 0. The van der Waals surface area contributed by atoms with E-state index in [4.69, 9.17) is 0 Å². The maximum Gasteiger partial charge on any atom is 0.252 e. The van der Waals surface area contributed by atoms with E-state index in [1.165, 1.54) is 130 Å². The number of anilines is 6. The van der Waals surface area contributed by atoms with Crippen LogP contribution in [0.1, 0.15) is 153 Å². The third-order valence-electron chi connectivity index (χ3n) is 18.0. The van der Waals surface area contributed by atoms with Crippen molar-refractivity contribution < 1.29 is 0 Å². The molecule has 3 aliphatic carbocycles. The molecule has 2 heterocycles. The van der Waals surface area contributed by atoms with Gasteiger partial charge in [-0.3, -0.25) is 0 Å². The molecule has 0 N–H and O–H groups in total. The van der Waals surface area contributed by atoms with Gasteiger partial charge in [-0.25, -0.2) is 0 Å². The van der Waals surface area contributed by atoms with Crippen LogP contribution < -0.4 is 26.2 Å². The van der Waals surface area contributed by atoms with E-state index in [0.717, 1.165) is 12.8 Å². The number of aryl methyl sites for hydroxylation is 2. The Balaban J connectivity index is 1.22. The fourth-order valence-corrected chi connectivity index (χ4v) is 14.9. The predicted octanol–water partition coefficient (Wildman–Crippen LogP) is 16.0. The van der Waals surface area contributed by atoms with Crippen LogP contribution in [0.4, 0.5) is 34.1 Å². The lowest BCUT2D eigenvalue weighted by atomic mass is 9.32. The van der Waals surface area contributed by atoms with E-state index in [2.05, 4.69) is 234 Å². The molecule has 0 fully saturated rings. The number of rotatable bonds is 4. The van der Waals surface area contributed by atoms with Crippen molar-refractivity contribution in [3.05, 3.63) is 172 Å². The maximum absolute atomic E-state index is 2.74. The Hall–Kier alpha value is -5.80. The van der Waals surface area contributed by atoms with E-state index < -0.39 is 0 Å². The molecular weight excluding hydrogens is 832 g/mol. The molecule has 7 aromatic carbocycles. The van der Waals surface area contributed by atoms with Gasteiger partial charge in [-0.05, 0) is 192 Å². The predicted molar refractivity (Wildman–Crippen MR) is 297 cm³/mol. The summed E-state index contributed by atoms with van der Waals surface area (Å²) in [5.41, 5.74) is 29.0. The van der Waals surface area contributed by atoms with E-state index in [-0.39, 0.29) is 39.2 Å². The lowest BCUT2D eigenvalue weighted by molar-refractivity contribution is 0.332. The highest BCUT2D eigenvalue weighted by atomic mass is 15.2. The monoisotopic (exact) mass is 903 g/mol. The van der Waals surface area contributed by atoms with Crippen LogP contribution in [0.25, 0.3) is 22.3 Å². The molecule has 0 saturated heterocycles. The standard InChI is InChI=1S/C66H71BN2/c1-40-29-58-60-59(30-40)69(55-35-50-46(31-41(55)2)63(7,8)38-65(50,11)12)57-36-49-47(61(3,4)27-28-62(49,5)6)33-52(57)67(60)53-34-48-51(66(13,14)39-64(48,9)10)37-56(53)68(58)54-26-25-44(42-21-17-15-18-22-42)32-45(54)43-23-19-16-20-24-43/h15-26,29-37H,27-28,38-39H2,1-14H3. The molecule has 0 spiro atoms. The molecule has 0 unspecified atom stereocenters. The van der Waals surface area contributed by atoms with Crippen LogP contribution in [-0.4, -0.2) is 6.71 Å². The van der Waals surface area contributed by atoms with E-state index in [9.17, 15) is 0 Å². The smallest absolute Gasteiger partial charge is 0.252 e. The summed E-state index contributed by atoms with van der Waals surface area (Å²) in [5, 5.41) is 0. The van der Waals surface area contributed by atoms with Crippen LogP contribution in [0, 0.1) is 13.8 Å². The zero-order chi connectivity index (χ0) is 48.5. The Morgan fingerprint density at radius 3 is 1.30 bits per heavy atom. The van der Waals surface area contributed by atoms with Crippen LogP contribution in [-0.2, 0) is 32.5 Å². The van der Waals surface area contributed by atoms with Gasteiger partial charge >= 0.3 is 0 Å². The van der Waals surface area contributed by atoms with Gasteiger partial charge in [0.05, 0.1) is 5.69 Å². The third-order valence-corrected chi connectivity index (χ3v) is 18.0. The molecule has 12 rings (SSSR count). The van der Waals surface area contributed by atoms with Crippen LogP contribution in [0.3, 0.4) is 0 Å². The first kappa shape index (κ1) is 44.4. The molecule has 2 aliphatic heterocycles. The van der Waals surface area contributed by atoms with Crippen LogP contribution in [0.15, 0.2) is 127 Å². The summed E-state index contributed by atoms with van der Waals surface area (Å²) in [6.07, 6.45) is 4.62. The summed E-state index contributed by atoms with van der Waals surface area (Å²) in [5.74, 6) is 0. The first-order valence-electron chi connectivity index (χ1n) is 26.0. The van der Waals surface area contributed by atoms with Crippen LogP contribution in [0.2, 0.25) is 0 Å². The van der Waals surface area contributed by atoms with Gasteiger partial charge in [0.1, 0.15) is 0 Å². The minimum atomic E-state index is 0.0282. The second-order valence-corrected chi connectivity index (χ2v) is 26.0. The Morgan fingerprint density at radius 2 is 0.783 bits per heavy atom. The molecule has 0 atom stereocenters. The van der Waals surface area contributed by atoms with Gasteiger partial charge in [-0.15, -0.1) is 0 Å². The zero-order valence-corrected chi connectivity index (χ0v) is 43.9. The van der Waals surface area contributed by atoms with E-state index in [0.29, 0.717) is 0 Å². The topological polar surface area (TPSA) is 6.48 Å². The minimum absolute atomic E-state index is 0.0282. The fraction of sp³-hybridized carbons (Fsp3) is 0.364. The fourth-order valence-electron chi connectivity index (χ4n) is 14.9. The average molecular weight is 903 g/mol. The average Bonchev–Trinajstić information content (AvgIpc) is 3.60. The Kier molecular flexibility index (Phi) is 9.27. The minimum Gasteiger partial charge on any atom is -0.311 e. The second kappa shape index (κ2) is 14.4. The number of hydrogen-bond acceptors (Lipinski definition) is 2. The largest absolute Gasteiger partial charge is 0.311 e. The molecule has 2 nitrogen and oxygen atoms in total. The maximum atomic E-state index is 2.74. The van der Waals surface area contributed by atoms with Gasteiger partial charge in [0.15, 0.2) is 0 Å². The van der Waals surface area contributed by atoms with Crippen molar-refractivity contribution in [2.24, 2.45) is 0 Å². The van der Waals surface area contributed by atoms with Crippen molar-refractivity contribution >= 4 is 57.2 Å². The molecular formula is C66H71BN2. The molecule has 7 aromatic rings. The van der Waals surface area contributed by atoms with Gasteiger partial charge < -0.3 is 9.80 Å². The van der Waals surface area contributed by atoms with Gasteiger partial charge in [-0.1, -0.05) is 168 Å². The molecule has 0 aromatic heterocycles. The van der Waals surface area contributed by atoms with Crippen molar-refractivity contribution in [3.8, 4) is 22.3 Å². The number of nitrogens with zero attached hydrogens (tertiary/aromatic N) is 2. The van der Waals surface area contributed by atoms with Crippen molar-refractivity contribution in [2.45, 2.75) is 155 Å². The summed E-state index contributed by atoms with van der Waals surface area (Å²) in [6, 6.07) is 50.3. The number of benzene rings is 7. The second-order valence-electron chi connectivity index (χ2n) is 26.0. The van der Waals surface area contributed by atoms with Crippen LogP contribution in [0.5, 0.6) is 0 Å². The molecule has 0 saturated carbocycles. The van der Waals surface area contributed by atoms with Gasteiger partial charge in [-0.2, -0.15) is 0 Å². The number of hydrogen-bond donors (Lipinski definition) is 0. The Labute approximate surface area is 414 Å². The molecule has 3 heteroatoms. The molecule has 5 aliphatic rings. The SMILES string of the molecule is Cc1cc2c3c(c1)N(c1ccc(-c4ccccc4)cc1-c1ccccc1)c1cc4c(cc1B3c1cc3c(cc1N2c1cc2c(cc1C)C(C)(C)CC2(C)C)C(C)(C)CCC3(C)C)C(C)(C)CC4(C)C. The lowest BCUT2D eigenvalue weighted by Crippen LogP contribution is -2.62. The molecule has 348 valence electrons. The molecule has 69 heavy (non-hydrogen) atoms. The van der Waals surface area contributed by atoms with Crippen LogP contribution >= 0.6 is 0 Å². The molecule has 0 radical (unpaired) electrons. The normalized spacial score (nSPS) is 19.8.